The Morgan fingerprint density at radius 3 is 3.16 bits per heavy atom. The van der Waals surface area contributed by atoms with Crippen molar-refractivity contribution < 1.29 is 23.9 Å². The van der Waals surface area contributed by atoms with Crippen LogP contribution in [-0.4, -0.2) is 38.1 Å². The van der Waals surface area contributed by atoms with Crippen LogP contribution in [-0.2, 0) is 9.31 Å². The summed E-state index contributed by atoms with van der Waals surface area (Å²) in [6, 6.07) is 3.87. The summed E-state index contributed by atoms with van der Waals surface area (Å²) in [5.74, 6) is 0.765. The van der Waals surface area contributed by atoms with Crippen LogP contribution in [0.25, 0.3) is 0 Å². The maximum atomic E-state index is 10.6. The molecular formula is C12H14BNO5. The Morgan fingerprint density at radius 1 is 1.53 bits per heavy atom. The molecule has 1 unspecified atom stereocenters. The molecular weight excluding hydrogens is 249 g/mol. The van der Waals surface area contributed by atoms with E-state index in [-0.39, 0.29) is 12.6 Å². The number of carboxylic acid groups (broad SMARTS) is 1. The minimum absolute atomic E-state index is 0.201. The molecule has 0 aliphatic carbocycles. The van der Waals surface area contributed by atoms with E-state index in [0.717, 1.165) is 22.3 Å². The van der Waals surface area contributed by atoms with Gasteiger partial charge in [-0.15, -0.1) is 0 Å². The second-order valence-electron chi connectivity index (χ2n) is 4.57. The molecule has 100 valence electrons. The molecule has 1 atom stereocenters. The van der Waals surface area contributed by atoms with Gasteiger partial charge in [0, 0.05) is 12.0 Å². The molecule has 6 nitrogen and oxygen atoms in total. The zero-order chi connectivity index (χ0) is 13.4. The van der Waals surface area contributed by atoms with Crippen molar-refractivity contribution in [3.63, 3.8) is 0 Å². The topological polar surface area (TPSA) is 77.0 Å². The van der Waals surface area contributed by atoms with E-state index in [2.05, 4.69) is 5.32 Å². The number of benzene rings is 1. The maximum absolute atomic E-state index is 10.6. The van der Waals surface area contributed by atoms with Gasteiger partial charge in [0.1, 0.15) is 12.4 Å². The van der Waals surface area contributed by atoms with E-state index in [1.54, 1.807) is 0 Å². The van der Waals surface area contributed by atoms with E-state index in [4.69, 9.17) is 19.2 Å². The molecule has 0 spiro atoms. The fourth-order valence-electron chi connectivity index (χ4n) is 2.57. The lowest BCUT2D eigenvalue weighted by Gasteiger charge is -2.16. The summed E-state index contributed by atoms with van der Waals surface area (Å²) in [5.41, 5.74) is 2.92. The lowest BCUT2D eigenvalue weighted by atomic mass is 9.76. The molecule has 2 aliphatic heterocycles. The van der Waals surface area contributed by atoms with E-state index in [1.807, 2.05) is 19.1 Å². The molecule has 0 bridgehead atoms. The molecule has 2 aliphatic rings. The van der Waals surface area contributed by atoms with E-state index in [1.165, 1.54) is 0 Å². The highest BCUT2D eigenvalue weighted by atomic mass is 16.6. The molecule has 1 aromatic rings. The van der Waals surface area contributed by atoms with Crippen molar-refractivity contribution in [3.8, 4) is 5.75 Å². The number of ether oxygens (including phenoxy) is 1. The van der Waals surface area contributed by atoms with Crippen molar-refractivity contribution in [1.29, 1.82) is 0 Å². The van der Waals surface area contributed by atoms with Gasteiger partial charge in [-0.1, -0.05) is 6.07 Å². The zero-order valence-corrected chi connectivity index (χ0v) is 10.5. The Hall–Kier alpha value is -1.73. The Balaban J connectivity index is 1.97. The molecule has 3 rings (SSSR count). The molecule has 7 heteroatoms. The molecule has 2 N–H and O–H groups in total. The molecule has 1 amide bonds. The van der Waals surface area contributed by atoms with E-state index < -0.39 is 13.2 Å². The average molecular weight is 263 g/mol. The van der Waals surface area contributed by atoms with E-state index in [0.29, 0.717) is 13.2 Å². The molecule has 19 heavy (non-hydrogen) atoms. The first-order valence-corrected chi connectivity index (χ1v) is 6.17. The predicted molar refractivity (Wildman–Crippen MR) is 67.9 cm³/mol. The molecule has 2 heterocycles. The van der Waals surface area contributed by atoms with Crippen molar-refractivity contribution in [2.45, 2.75) is 13.0 Å². The zero-order valence-electron chi connectivity index (χ0n) is 10.5. The van der Waals surface area contributed by atoms with Crippen molar-refractivity contribution in [3.05, 3.63) is 23.3 Å². The fraction of sp³-hybridized carbons (Fsp3) is 0.417. The third-order valence-corrected chi connectivity index (χ3v) is 3.36. The second kappa shape index (κ2) is 4.75. The molecule has 1 aromatic carbocycles. The highest BCUT2D eigenvalue weighted by molar-refractivity contribution is 6.64. The van der Waals surface area contributed by atoms with Crippen LogP contribution < -0.4 is 15.5 Å². The van der Waals surface area contributed by atoms with Gasteiger partial charge < -0.3 is 24.5 Å². The maximum Gasteiger partial charge on any atom is 0.498 e. The molecule has 0 saturated heterocycles. The summed E-state index contributed by atoms with van der Waals surface area (Å²) in [5, 5.41) is 11.1. The Morgan fingerprint density at radius 2 is 2.37 bits per heavy atom. The Bertz CT molecular complexity index is 521. The van der Waals surface area contributed by atoms with E-state index in [9.17, 15) is 4.79 Å². The predicted octanol–water partition coefficient (Wildman–Crippen LogP) is 0.438. The van der Waals surface area contributed by atoms with E-state index >= 15 is 0 Å². The van der Waals surface area contributed by atoms with Crippen molar-refractivity contribution in [1.82, 2.24) is 5.32 Å². The summed E-state index contributed by atoms with van der Waals surface area (Å²) < 4.78 is 17.0. The standard InChI is InChI=1S/C12H14BNO5/c1-7-2-3-8-11-10(7)9(6-14-12(15)16)19-13(11)18-5-4-17-8/h2-3,9,14H,4-6H2,1H3,(H,15,16). The first kappa shape index (κ1) is 12.3. The number of nitrogens with one attached hydrogen (secondary N) is 1. The van der Waals surface area contributed by atoms with Crippen LogP contribution in [0.15, 0.2) is 12.1 Å². The largest absolute Gasteiger partial charge is 0.498 e. The lowest BCUT2D eigenvalue weighted by molar-refractivity contribution is 0.138. The third-order valence-electron chi connectivity index (χ3n) is 3.36. The van der Waals surface area contributed by atoms with Gasteiger partial charge in [-0.25, -0.2) is 4.79 Å². The number of rotatable bonds is 2. The van der Waals surface area contributed by atoms with Gasteiger partial charge >= 0.3 is 13.2 Å². The molecule has 0 fully saturated rings. The number of hydrogen-bond acceptors (Lipinski definition) is 4. The van der Waals surface area contributed by atoms with Crippen LogP contribution in [0.4, 0.5) is 4.79 Å². The number of hydrogen-bond donors (Lipinski definition) is 2. The van der Waals surface area contributed by atoms with Gasteiger partial charge in [0.2, 0.25) is 0 Å². The van der Waals surface area contributed by atoms with Crippen molar-refractivity contribution >= 4 is 18.7 Å². The molecule has 0 aromatic heterocycles. The van der Waals surface area contributed by atoms with Gasteiger partial charge in [0.15, 0.2) is 0 Å². The SMILES string of the molecule is Cc1ccc2c3c1C(CNC(=O)O)OB3OCCO2. The highest BCUT2D eigenvalue weighted by Gasteiger charge is 2.42. The van der Waals surface area contributed by atoms with Crippen LogP contribution in [0.2, 0.25) is 0 Å². The Labute approximate surface area is 110 Å². The highest BCUT2D eigenvalue weighted by Crippen LogP contribution is 2.32. The smallest absolute Gasteiger partial charge is 0.492 e. The van der Waals surface area contributed by atoms with Gasteiger partial charge in [0.05, 0.1) is 12.7 Å². The first-order chi connectivity index (χ1) is 9.16. The minimum atomic E-state index is -1.06. The quantitative estimate of drug-likeness (QED) is 0.757. The summed E-state index contributed by atoms with van der Waals surface area (Å²) in [4.78, 5) is 10.6. The molecule has 0 saturated carbocycles. The van der Waals surface area contributed by atoms with Crippen LogP contribution in [0, 0.1) is 6.92 Å². The van der Waals surface area contributed by atoms with Crippen molar-refractivity contribution in [2.24, 2.45) is 0 Å². The fourth-order valence-corrected chi connectivity index (χ4v) is 2.57. The summed E-state index contributed by atoms with van der Waals surface area (Å²) in [7, 11) is -0.465. The average Bonchev–Trinajstić information content (AvgIpc) is 2.62. The number of amides is 1. The summed E-state index contributed by atoms with van der Waals surface area (Å²) >= 11 is 0. The normalized spacial score (nSPS) is 20.5. The summed E-state index contributed by atoms with van der Waals surface area (Å²) in [6.07, 6.45) is -1.40. The minimum Gasteiger partial charge on any atom is -0.492 e. The van der Waals surface area contributed by atoms with Crippen LogP contribution in [0.1, 0.15) is 17.2 Å². The molecule has 0 radical (unpaired) electrons. The van der Waals surface area contributed by atoms with Gasteiger partial charge in [-0.05, 0) is 24.1 Å². The lowest BCUT2D eigenvalue weighted by Crippen LogP contribution is -2.32. The first-order valence-electron chi connectivity index (χ1n) is 6.17. The van der Waals surface area contributed by atoms with Gasteiger partial charge in [0.25, 0.3) is 0 Å². The third kappa shape index (κ3) is 2.15. The van der Waals surface area contributed by atoms with Crippen LogP contribution >= 0.6 is 0 Å². The second-order valence-corrected chi connectivity index (χ2v) is 4.57. The van der Waals surface area contributed by atoms with Crippen molar-refractivity contribution in [2.75, 3.05) is 19.8 Å². The summed E-state index contributed by atoms with van der Waals surface area (Å²) in [6.45, 7) is 3.12. The van der Waals surface area contributed by atoms with Crippen LogP contribution in [0.3, 0.4) is 0 Å². The number of aryl methyl sites for hydroxylation is 1. The van der Waals surface area contributed by atoms with Gasteiger partial charge in [-0.3, -0.25) is 0 Å². The van der Waals surface area contributed by atoms with Crippen LogP contribution in [0.5, 0.6) is 5.75 Å². The monoisotopic (exact) mass is 263 g/mol. The van der Waals surface area contributed by atoms with Gasteiger partial charge in [-0.2, -0.15) is 0 Å². The number of carbonyl (C=O) groups is 1. The Kier molecular flexibility index (Phi) is 3.08.